The van der Waals surface area contributed by atoms with Crippen molar-refractivity contribution in [3.63, 3.8) is 0 Å². The van der Waals surface area contributed by atoms with Crippen LogP contribution in [0.4, 0.5) is 10.5 Å². The van der Waals surface area contributed by atoms with Crippen molar-refractivity contribution in [3.8, 4) is 0 Å². The number of carbonyl (C=O) groups is 2. The van der Waals surface area contributed by atoms with Crippen molar-refractivity contribution in [1.82, 2.24) is 20.4 Å². The van der Waals surface area contributed by atoms with E-state index in [1.54, 1.807) is 0 Å². The maximum absolute atomic E-state index is 12.6. The Morgan fingerprint density at radius 1 is 1.04 bits per heavy atom. The minimum atomic E-state index is -0.249. The molecule has 1 aliphatic heterocycles. The fourth-order valence-electron chi connectivity index (χ4n) is 3.90. The molecule has 1 aliphatic carbocycles. The van der Waals surface area contributed by atoms with Crippen molar-refractivity contribution in [3.05, 3.63) is 40.3 Å². The van der Waals surface area contributed by atoms with E-state index in [1.807, 2.05) is 35.2 Å². The molecule has 2 heterocycles. The third-order valence-corrected chi connectivity index (χ3v) is 6.49. The minimum Gasteiger partial charge on any atom is -0.335 e. The van der Waals surface area contributed by atoms with E-state index in [9.17, 15) is 9.59 Å². The highest BCUT2D eigenvalue weighted by atomic mass is 32.1. The Bertz CT molecular complexity index is 819. The first-order valence-electron chi connectivity index (χ1n) is 9.94. The Labute approximate surface area is 168 Å². The zero-order valence-corrected chi connectivity index (χ0v) is 16.6. The van der Waals surface area contributed by atoms with Gasteiger partial charge in [-0.2, -0.15) is 0 Å². The number of nitrogens with zero attached hydrogens (tertiary/aromatic N) is 3. The zero-order chi connectivity index (χ0) is 19.3. The molecule has 1 aromatic carbocycles. The lowest BCUT2D eigenvalue weighted by atomic mass is 9.99. The van der Waals surface area contributed by atoms with Crippen LogP contribution in [0, 0.1) is 0 Å². The number of hydrogen-bond acceptors (Lipinski definition) is 5. The highest BCUT2D eigenvalue weighted by Crippen LogP contribution is 2.29. The molecular formula is C20H25N5O2S. The first kappa shape index (κ1) is 18.9. The number of amides is 3. The van der Waals surface area contributed by atoms with Crippen LogP contribution in [0.15, 0.2) is 30.3 Å². The van der Waals surface area contributed by atoms with Crippen molar-refractivity contribution in [2.24, 2.45) is 0 Å². The minimum absolute atomic E-state index is 0.0307. The summed E-state index contributed by atoms with van der Waals surface area (Å²) in [4.78, 5) is 26.9. The van der Waals surface area contributed by atoms with E-state index in [0.29, 0.717) is 17.6 Å². The van der Waals surface area contributed by atoms with E-state index < -0.39 is 0 Å². The number of aromatic nitrogens is 2. The number of benzene rings is 1. The molecule has 3 amide bonds. The van der Waals surface area contributed by atoms with E-state index in [4.69, 9.17) is 0 Å². The predicted octanol–water partition coefficient (Wildman–Crippen LogP) is 3.62. The summed E-state index contributed by atoms with van der Waals surface area (Å²) in [5.74, 6) is -0.111. The van der Waals surface area contributed by atoms with E-state index in [-0.39, 0.29) is 17.9 Å². The monoisotopic (exact) mass is 399 g/mol. The number of para-hydroxylation sites is 1. The van der Waals surface area contributed by atoms with Gasteiger partial charge in [0, 0.05) is 30.7 Å². The number of carbonyl (C=O) groups excluding carboxylic acids is 2. The van der Waals surface area contributed by atoms with Crippen molar-refractivity contribution in [1.29, 1.82) is 0 Å². The molecule has 1 atom stereocenters. The van der Waals surface area contributed by atoms with Gasteiger partial charge in [0.05, 0.1) is 0 Å². The lowest BCUT2D eigenvalue weighted by Crippen LogP contribution is -2.47. The molecular weight excluding hydrogens is 374 g/mol. The summed E-state index contributed by atoms with van der Waals surface area (Å²) in [6.07, 6.45) is 6.47. The molecule has 2 aliphatic rings. The largest absolute Gasteiger partial charge is 0.335 e. The van der Waals surface area contributed by atoms with Gasteiger partial charge >= 0.3 is 6.03 Å². The lowest BCUT2D eigenvalue weighted by molar-refractivity contribution is 0.102. The van der Waals surface area contributed by atoms with Crippen molar-refractivity contribution in [2.45, 2.75) is 50.5 Å². The van der Waals surface area contributed by atoms with E-state index in [1.165, 1.54) is 24.2 Å². The lowest BCUT2D eigenvalue weighted by Gasteiger charge is -2.32. The van der Waals surface area contributed by atoms with E-state index >= 15 is 0 Å². The summed E-state index contributed by atoms with van der Waals surface area (Å²) >= 11 is 1.32. The van der Waals surface area contributed by atoms with Gasteiger partial charge in [-0.05, 0) is 37.8 Å². The second-order valence-corrected chi connectivity index (χ2v) is 8.49. The van der Waals surface area contributed by atoms with Gasteiger partial charge in [0.25, 0.3) is 5.91 Å². The van der Waals surface area contributed by atoms with Gasteiger partial charge in [0.15, 0.2) is 0 Å². The van der Waals surface area contributed by atoms with Crippen LogP contribution < -0.4 is 10.6 Å². The summed E-state index contributed by atoms with van der Waals surface area (Å²) in [7, 11) is 0. The van der Waals surface area contributed by atoms with Gasteiger partial charge in [0.2, 0.25) is 5.01 Å². The smallest absolute Gasteiger partial charge is 0.317 e. The third kappa shape index (κ3) is 4.49. The molecule has 1 saturated carbocycles. The van der Waals surface area contributed by atoms with Gasteiger partial charge < -0.3 is 15.5 Å². The van der Waals surface area contributed by atoms with Crippen molar-refractivity contribution in [2.75, 3.05) is 18.4 Å². The van der Waals surface area contributed by atoms with Crippen LogP contribution in [0.1, 0.15) is 59.3 Å². The molecule has 0 radical (unpaired) electrons. The Kier molecular flexibility index (Phi) is 5.85. The Morgan fingerprint density at radius 2 is 1.82 bits per heavy atom. The number of nitrogens with one attached hydrogen (secondary N) is 2. The van der Waals surface area contributed by atoms with Crippen LogP contribution in [0.2, 0.25) is 0 Å². The summed E-state index contributed by atoms with van der Waals surface area (Å²) in [6.45, 7) is 1.41. The number of likely N-dealkylation sites (tertiary alicyclic amines) is 1. The van der Waals surface area contributed by atoms with Gasteiger partial charge in [0.1, 0.15) is 5.01 Å². The number of hydrogen-bond donors (Lipinski definition) is 2. The number of anilines is 1. The van der Waals surface area contributed by atoms with Gasteiger partial charge in [-0.25, -0.2) is 4.79 Å². The number of piperidine rings is 1. The molecule has 148 valence electrons. The Hall–Kier alpha value is -2.48. The molecule has 2 fully saturated rings. The standard InChI is InChI=1S/C20H25N5O2S/c26-17(21-15-8-2-1-3-9-15)19-24-23-18(28-19)14-7-6-12-25(13-14)20(27)22-16-10-4-5-11-16/h1-3,8-9,14,16H,4-7,10-13H2,(H,21,26)(H,22,27). The van der Waals surface area contributed by atoms with Gasteiger partial charge in [-0.3, -0.25) is 4.79 Å². The van der Waals surface area contributed by atoms with Crippen molar-refractivity contribution < 1.29 is 9.59 Å². The van der Waals surface area contributed by atoms with Gasteiger partial charge in [-0.15, -0.1) is 10.2 Å². The quantitative estimate of drug-likeness (QED) is 0.822. The maximum atomic E-state index is 12.6. The molecule has 4 rings (SSSR count). The van der Waals surface area contributed by atoms with Crippen LogP contribution in [-0.4, -0.2) is 46.2 Å². The summed E-state index contributed by atoms with van der Waals surface area (Å²) in [5, 5.41) is 15.5. The fraction of sp³-hybridized carbons (Fsp3) is 0.500. The molecule has 2 N–H and O–H groups in total. The molecule has 0 spiro atoms. The normalized spacial score (nSPS) is 20.1. The molecule has 1 unspecified atom stereocenters. The maximum Gasteiger partial charge on any atom is 0.317 e. The highest BCUT2D eigenvalue weighted by Gasteiger charge is 2.29. The van der Waals surface area contributed by atoms with E-state index in [0.717, 1.165) is 42.9 Å². The van der Waals surface area contributed by atoms with Gasteiger partial charge in [-0.1, -0.05) is 42.4 Å². The Morgan fingerprint density at radius 3 is 2.61 bits per heavy atom. The number of rotatable bonds is 4. The number of urea groups is 1. The molecule has 1 saturated heterocycles. The fourth-order valence-corrected chi connectivity index (χ4v) is 4.76. The highest BCUT2D eigenvalue weighted by molar-refractivity contribution is 7.13. The summed E-state index contributed by atoms with van der Waals surface area (Å²) in [5.41, 5.74) is 0.733. The second-order valence-electron chi connectivity index (χ2n) is 7.48. The van der Waals surface area contributed by atoms with Crippen LogP contribution in [0.25, 0.3) is 0 Å². The predicted molar refractivity (Wildman–Crippen MR) is 109 cm³/mol. The molecule has 1 aromatic heterocycles. The van der Waals surface area contributed by atoms with E-state index in [2.05, 4.69) is 20.8 Å². The Balaban J connectivity index is 1.36. The first-order valence-corrected chi connectivity index (χ1v) is 10.8. The van der Waals surface area contributed by atoms with Crippen LogP contribution in [0.5, 0.6) is 0 Å². The average molecular weight is 400 g/mol. The molecule has 8 heteroatoms. The summed E-state index contributed by atoms with van der Waals surface area (Å²) in [6, 6.07) is 9.66. The van der Waals surface area contributed by atoms with Crippen LogP contribution in [-0.2, 0) is 0 Å². The van der Waals surface area contributed by atoms with Crippen molar-refractivity contribution >= 4 is 29.0 Å². The average Bonchev–Trinajstić information content (AvgIpc) is 3.41. The summed E-state index contributed by atoms with van der Waals surface area (Å²) < 4.78 is 0. The second kappa shape index (κ2) is 8.68. The molecule has 28 heavy (non-hydrogen) atoms. The third-order valence-electron chi connectivity index (χ3n) is 5.41. The first-order chi connectivity index (χ1) is 13.7. The van der Waals surface area contributed by atoms with Crippen LogP contribution in [0.3, 0.4) is 0 Å². The van der Waals surface area contributed by atoms with Crippen LogP contribution >= 0.6 is 11.3 Å². The SMILES string of the molecule is O=C(Nc1ccccc1)c1nnc(C2CCCN(C(=O)NC3CCCC3)C2)s1. The zero-order valence-electron chi connectivity index (χ0n) is 15.8. The molecule has 0 bridgehead atoms. The molecule has 7 nitrogen and oxygen atoms in total. The topological polar surface area (TPSA) is 87.2 Å². The molecule has 2 aromatic rings.